The Balaban J connectivity index is 0. The fourth-order valence-corrected chi connectivity index (χ4v) is 0. The predicted octanol–water partition coefficient (Wildman–Crippen LogP) is -1.73. The van der Waals surface area contributed by atoms with Gasteiger partial charge in [-0.1, -0.05) is 0 Å². The molecule has 34 valence electrons. The Morgan fingerprint density at radius 2 is 1.17 bits per heavy atom. The molecule has 0 amide bonds. The topological polar surface area (TPSA) is 74.6 Å². The molecule has 0 aliphatic heterocycles. The van der Waals surface area contributed by atoms with Crippen LogP contribution in [0.2, 0.25) is 0 Å². The molecule has 0 heterocycles. The zero-order chi connectivity index (χ0) is 4.50. The molecule has 2 N–H and O–H groups in total. The van der Waals surface area contributed by atoms with Crippen LogP contribution in [0.1, 0.15) is 0 Å². The fraction of sp³-hybridized carbons (Fsp3) is 0. The molecule has 4 nitrogen and oxygen atoms in total. The van der Waals surface area contributed by atoms with E-state index < -0.39 is 16.7 Å². The molecule has 0 bridgehead atoms. The second-order valence-corrected chi connectivity index (χ2v) is 3.67. The summed E-state index contributed by atoms with van der Waals surface area (Å²) < 4.78 is 32.1. The van der Waals surface area contributed by atoms with E-state index >= 15 is 0 Å². The van der Waals surface area contributed by atoms with Gasteiger partial charge >= 0.3 is 31.1 Å². The van der Waals surface area contributed by atoms with Crippen molar-refractivity contribution in [3.05, 3.63) is 0 Å². The van der Waals surface area contributed by atoms with Crippen molar-refractivity contribution in [1.82, 2.24) is 0 Å². The molecule has 0 saturated heterocycles. The average molecular weight is 274 g/mol. The van der Waals surface area contributed by atoms with E-state index in [1.54, 1.807) is 0 Å². The summed E-state index contributed by atoms with van der Waals surface area (Å²) in [4.78, 5) is 0. The fourth-order valence-electron chi connectivity index (χ4n) is 0. The van der Waals surface area contributed by atoms with E-state index in [1.807, 2.05) is 0 Å². The Morgan fingerprint density at radius 3 is 1.17 bits per heavy atom. The monoisotopic (exact) mass is 274 g/mol. The van der Waals surface area contributed by atoms with Crippen molar-refractivity contribution in [2.45, 2.75) is 0 Å². The third-order valence-corrected chi connectivity index (χ3v) is 0. The van der Waals surface area contributed by atoms with E-state index in [0.717, 1.165) is 0 Å². The van der Waals surface area contributed by atoms with Gasteiger partial charge in [0, 0.05) is 23.1 Å². The molecule has 6 heteroatoms. The van der Waals surface area contributed by atoms with E-state index in [1.165, 1.54) is 0 Å². The molecule has 0 aromatic rings. The summed E-state index contributed by atoms with van der Waals surface area (Å²) in [6.07, 6.45) is 0. The van der Waals surface area contributed by atoms with Gasteiger partial charge in [-0.25, -0.2) is 0 Å². The van der Waals surface area contributed by atoms with Crippen molar-refractivity contribution in [1.29, 1.82) is 0 Å². The van der Waals surface area contributed by atoms with Crippen LogP contribution in [0.3, 0.4) is 0 Å². The van der Waals surface area contributed by atoms with Crippen LogP contribution in [0.25, 0.3) is 0 Å². The molecular weight excluding hydrogens is 272 g/mol. The first-order valence-corrected chi connectivity index (χ1v) is 5.72. The summed E-state index contributed by atoms with van der Waals surface area (Å²) in [6.45, 7) is 0. The Labute approximate surface area is 54.0 Å². The molecule has 0 spiro atoms. The van der Waals surface area contributed by atoms with Crippen LogP contribution in [0.4, 0.5) is 0 Å². The first-order valence-electron chi connectivity index (χ1n) is 0.698. The van der Waals surface area contributed by atoms with Crippen molar-refractivity contribution < 1.29 is 31.1 Å². The summed E-state index contributed by atoms with van der Waals surface area (Å²) in [5.74, 6) is 0. The van der Waals surface area contributed by atoms with Crippen LogP contribution in [0.5, 0.6) is 0 Å². The number of hydrogen-bond donors (Lipinski definition) is 2. The van der Waals surface area contributed by atoms with Crippen LogP contribution < -0.4 is 0 Å². The zero-order valence-electron chi connectivity index (χ0n) is 2.83. The first-order chi connectivity index (χ1) is 2.00. The van der Waals surface area contributed by atoms with Gasteiger partial charge in [0.1, 0.15) is 0 Å². The first kappa shape index (κ1) is 10.1. The average Bonchev–Trinajstić information content (AvgIpc) is 0.722. The number of hydrogen-bond acceptors (Lipinski definition) is 2. The van der Waals surface area contributed by atoms with Crippen LogP contribution in [-0.4, -0.2) is 30.6 Å². The van der Waals surface area contributed by atoms with Gasteiger partial charge in [0.2, 0.25) is 0 Å². The third-order valence-electron chi connectivity index (χ3n) is 0. The predicted molar refractivity (Wildman–Crippen MR) is 11.6 cm³/mol. The van der Waals surface area contributed by atoms with Crippen molar-refractivity contribution in [2.75, 3.05) is 0 Å². The van der Waals surface area contributed by atoms with Crippen LogP contribution >= 0.6 is 0 Å². The van der Waals surface area contributed by atoms with Crippen molar-refractivity contribution in [2.24, 2.45) is 0 Å². The SMILES string of the molecule is [Mg].[O]=[W](=[O])([OH])[OH]. The summed E-state index contributed by atoms with van der Waals surface area (Å²) >= 11 is -5.67. The maximum absolute atomic E-state index is 8.87. The normalized spacial score (nSPS) is 9.67. The Morgan fingerprint density at radius 1 is 1.17 bits per heavy atom. The second kappa shape index (κ2) is 3.04. The molecule has 0 fully saturated rings. The van der Waals surface area contributed by atoms with Crippen molar-refractivity contribution in [3.8, 4) is 0 Å². The van der Waals surface area contributed by atoms with Crippen molar-refractivity contribution >= 4 is 23.1 Å². The molecule has 6 heavy (non-hydrogen) atoms. The molecule has 2 radical (unpaired) electrons. The second-order valence-electron chi connectivity index (χ2n) is 0.448. The van der Waals surface area contributed by atoms with Gasteiger partial charge in [-0.05, 0) is 0 Å². The van der Waals surface area contributed by atoms with E-state index in [4.69, 9.17) is 14.3 Å². The van der Waals surface area contributed by atoms with Gasteiger partial charge in [0.15, 0.2) is 0 Å². The van der Waals surface area contributed by atoms with Crippen LogP contribution in [0.15, 0.2) is 0 Å². The molecule has 0 unspecified atom stereocenters. The molecule has 0 aliphatic rings. The maximum atomic E-state index is 8.87. The van der Waals surface area contributed by atoms with Gasteiger partial charge < -0.3 is 0 Å². The quantitative estimate of drug-likeness (QED) is 0.515. The van der Waals surface area contributed by atoms with Gasteiger partial charge in [0.05, 0.1) is 0 Å². The van der Waals surface area contributed by atoms with E-state index in [0.29, 0.717) is 0 Å². The van der Waals surface area contributed by atoms with Crippen molar-refractivity contribution in [3.63, 3.8) is 0 Å². The van der Waals surface area contributed by atoms with Gasteiger partial charge in [-0.15, -0.1) is 0 Å². The van der Waals surface area contributed by atoms with Gasteiger partial charge in [0.25, 0.3) is 0 Å². The van der Waals surface area contributed by atoms with E-state index in [2.05, 4.69) is 0 Å². The standard InChI is InChI=1S/Mg.2H2O.2O.W/h;2*1H2;;;/q;;;;;+2/p-2. The molecule has 0 aromatic carbocycles. The van der Waals surface area contributed by atoms with Gasteiger partial charge in [-0.2, -0.15) is 0 Å². The summed E-state index contributed by atoms with van der Waals surface area (Å²) in [5.41, 5.74) is 0. The Bertz CT molecular complexity index is 90.7. The molecule has 0 rings (SSSR count). The number of rotatable bonds is 0. The zero-order valence-corrected chi connectivity index (χ0v) is 7.17. The molecule has 0 atom stereocenters. The Kier molecular flexibility index (Phi) is 5.10. The van der Waals surface area contributed by atoms with Gasteiger partial charge in [-0.3, -0.25) is 0 Å². The summed E-state index contributed by atoms with van der Waals surface area (Å²) in [6, 6.07) is 0. The third kappa shape index (κ3) is 82.7. The van der Waals surface area contributed by atoms with E-state index in [9.17, 15) is 0 Å². The summed E-state index contributed by atoms with van der Waals surface area (Å²) in [7, 11) is 0. The molecule has 0 saturated carbocycles. The minimum absolute atomic E-state index is 0. The molecule has 0 aliphatic carbocycles. The Hall–Kier alpha value is 0.975. The molecular formula is H2MgO4W. The van der Waals surface area contributed by atoms with E-state index in [-0.39, 0.29) is 23.1 Å². The van der Waals surface area contributed by atoms with Crippen LogP contribution in [-0.2, 0) is 23.5 Å². The molecule has 0 aromatic heterocycles. The van der Waals surface area contributed by atoms with Crippen LogP contribution in [0, 0.1) is 0 Å². The minimum atomic E-state index is -5.67. The summed E-state index contributed by atoms with van der Waals surface area (Å²) in [5, 5.41) is 0.